The van der Waals surface area contributed by atoms with E-state index >= 15 is 0 Å². The number of hydrogen-bond acceptors (Lipinski definition) is 4. The van der Waals surface area contributed by atoms with E-state index in [0.717, 1.165) is 37.4 Å². The second-order valence-electron chi connectivity index (χ2n) is 6.33. The molecule has 1 amide bonds. The van der Waals surface area contributed by atoms with E-state index in [1.807, 2.05) is 24.8 Å². The van der Waals surface area contributed by atoms with Gasteiger partial charge in [0.25, 0.3) is 5.56 Å². The van der Waals surface area contributed by atoms with Crippen molar-refractivity contribution < 1.29 is 9.53 Å². The highest BCUT2D eigenvalue weighted by Gasteiger charge is 2.22. The minimum absolute atomic E-state index is 0.105. The summed E-state index contributed by atoms with van der Waals surface area (Å²) in [5, 5.41) is 9.12. The maximum atomic E-state index is 12.5. The van der Waals surface area contributed by atoms with Gasteiger partial charge in [-0.25, -0.2) is 0 Å². The SMILES string of the molecule is CCN(CC1CCOC1)C(=O)CCc1c(C)[nH]c(=O)c(C#N)c1C. The molecule has 1 atom stereocenters. The number of hydrogen-bond donors (Lipinski definition) is 1. The molecule has 1 fully saturated rings. The predicted octanol–water partition coefficient (Wildman–Crippen LogP) is 1.68. The summed E-state index contributed by atoms with van der Waals surface area (Å²) in [4.78, 5) is 28.9. The van der Waals surface area contributed by atoms with Gasteiger partial charge in [0.15, 0.2) is 0 Å². The van der Waals surface area contributed by atoms with Gasteiger partial charge in [0, 0.05) is 37.7 Å². The third kappa shape index (κ3) is 4.04. The van der Waals surface area contributed by atoms with Gasteiger partial charge in [0.05, 0.1) is 6.61 Å². The van der Waals surface area contributed by atoms with E-state index in [-0.39, 0.29) is 17.0 Å². The van der Waals surface area contributed by atoms with E-state index in [4.69, 9.17) is 10.00 Å². The minimum Gasteiger partial charge on any atom is -0.381 e. The molecule has 1 N–H and O–H groups in total. The van der Waals surface area contributed by atoms with Crippen molar-refractivity contribution in [2.45, 2.75) is 40.0 Å². The Hall–Kier alpha value is -2.13. The molecule has 1 saturated heterocycles. The van der Waals surface area contributed by atoms with Gasteiger partial charge in [-0.15, -0.1) is 0 Å². The number of H-pyrrole nitrogens is 1. The summed E-state index contributed by atoms with van der Waals surface area (Å²) in [6, 6.07) is 1.95. The average molecular weight is 331 g/mol. The van der Waals surface area contributed by atoms with Gasteiger partial charge in [0.2, 0.25) is 5.91 Å². The van der Waals surface area contributed by atoms with Gasteiger partial charge in [-0.1, -0.05) is 0 Å². The van der Waals surface area contributed by atoms with Crippen LogP contribution >= 0.6 is 0 Å². The van der Waals surface area contributed by atoms with Crippen LogP contribution in [0, 0.1) is 31.1 Å². The zero-order chi connectivity index (χ0) is 17.7. The molecular formula is C18H25N3O3. The molecule has 2 heterocycles. The third-order valence-electron chi connectivity index (χ3n) is 4.75. The number of nitrogens with one attached hydrogen (secondary N) is 1. The topological polar surface area (TPSA) is 86.2 Å². The molecular weight excluding hydrogens is 306 g/mol. The molecule has 0 bridgehead atoms. The largest absolute Gasteiger partial charge is 0.381 e. The summed E-state index contributed by atoms with van der Waals surface area (Å²) in [6.07, 6.45) is 1.91. The number of nitrogens with zero attached hydrogens (tertiary/aromatic N) is 2. The van der Waals surface area contributed by atoms with E-state index in [1.165, 1.54) is 0 Å². The molecule has 1 aromatic heterocycles. The van der Waals surface area contributed by atoms with E-state index in [9.17, 15) is 9.59 Å². The standard InChI is InChI=1S/C18H25N3O3/c1-4-21(10-14-7-8-24-11-14)17(22)6-5-15-12(2)16(9-19)18(23)20-13(15)3/h14H,4-8,10-11H2,1-3H3,(H,20,23). The second kappa shape index (κ2) is 8.11. The lowest BCUT2D eigenvalue weighted by Gasteiger charge is -2.24. The monoisotopic (exact) mass is 331 g/mol. The molecule has 0 saturated carbocycles. The molecule has 6 heteroatoms. The van der Waals surface area contributed by atoms with Crippen LogP contribution in [0.15, 0.2) is 4.79 Å². The molecule has 1 aliphatic heterocycles. The van der Waals surface area contributed by atoms with Crippen LogP contribution in [0.5, 0.6) is 0 Å². The van der Waals surface area contributed by atoms with Crippen molar-refractivity contribution in [3.8, 4) is 6.07 Å². The van der Waals surface area contributed by atoms with Gasteiger partial charge < -0.3 is 14.6 Å². The van der Waals surface area contributed by atoms with Gasteiger partial charge >= 0.3 is 0 Å². The Balaban J connectivity index is 2.05. The van der Waals surface area contributed by atoms with Crippen LogP contribution in [0.2, 0.25) is 0 Å². The fraction of sp³-hybridized carbons (Fsp3) is 0.611. The summed E-state index contributed by atoms with van der Waals surface area (Å²) in [7, 11) is 0. The fourth-order valence-electron chi connectivity index (χ4n) is 3.26. The molecule has 1 aromatic rings. The van der Waals surface area contributed by atoms with Crippen LogP contribution in [0.1, 0.15) is 42.1 Å². The summed E-state index contributed by atoms with van der Waals surface area (Å²) in [5.41, 5.74) is 2.08. The van der Waals surface area contributed by atoms with Crippen molar-refractivity contribution >= 4 is 5.91 Å². The van der Waals surface area contributed by atoms with E-state index in [1.54, 1.807) is 6.92 Å². The van der Waals surface area contributed by atoms with Crippen LogP contribution in [0.25, 0.3) is 0 Å². The van der Waals surface area contributed by atoms with Crippen LogP contribution in [0.4, 0.5) is 0 Å². The van der Waals surface area contributed by atoms with Crippen molar-refractivity contribution in [3.05, 3.63) is 32.7 Å². The van der Waals surface area contributed by atoms with Gasteiger partial charge in [-0.3, -0.25) is 9.59 Å². The number of aryl methyl sites for hydroxylation is 1. The predicted molar refractivity (Wildman–Crippen MR) is 90.8 cm³/mol. The van der Waals surface area contributed by atoms with Crippen molar-refractivity contribution in [2.24, 2.45) is 5.92 Å². The molecule has 130 valence electrons. The summed E-state index contributed by atoms with van der Waals surface area (Å²) in [6.45, 7) is 8.50. The first-order valence-corrected chi connectivity index (χ1v) is 8.45. The Morgan fingerprint density at radius 2 is 2.21 bits per heavy atom. The molecule has 0 aromatic carbocycles. The Labute approximate surface area is 142 Å². The first-order chi connectivity index (χ1) is 11.5. The average Bonchev–Trinajstić information content (AvgIpc) is 3.05. The lowest BCUT2D eigenvalue weighted by atomic mass is 9.98. The zero-order valence-electron chi connectivity index (χ0n) is 14.6. The van der Waals surface area contributed by atoms with Crippen LogP contribution in [-0.2, 0) is 16.0 Å². The fourth-order valence-corrected chi connectivity index (χ4v) is 3.26. The first kappa shape index (κ1) is 18.2. The van der Waals surface area contributed by atoms with Gasteiger partial charge in [-0.05, 0) is 44.7 Å². The smallest absolute Gasteiger partial charge is 0.266 e. The van der Waals surface area contributed by atoms with Crippen molar-refractivity contribution in [2.75, 3.05) is 26.3 Å². The van der Waals surface area contributed by atoms with Crippen LogP contribution in [0.3, 0.4) is 0 Å². The normalized spacial score (nSPS) is 16.8. The van der Waals surface area contributed by atoms with Gasteiger partial charge in [-0.2, -0.15) is 5.26 Å². The number of amides is 1. The van der Waals surface area contributed by atoms with E-state index in [2.05, 4.69) is 4.98 Å². The minimum atomic E-state index is -0.362. The highest BCUT2D eigenvalue weighted by molar-refractivity contribution is 5.76. The molecule has 0 spiro atoms. The Bertz CT molecular complexity index is 697. The Morgan fingerprint density at radius 1 is 1.46 bits per heavy atom. The molecule has 1 unspecified atom stereocenters. The number of aromatic amines is 1. The maximum absolute atomic E-state index is 12.5. The van der Waals surface area contributed by atoms with E-state index in [0.29, 0.717) is 30.9 Å². The Morgan fingerprint density at radius 3 is 2.79 bits per heavy atom. The lowest BCUT2D eigenvalue weighted by molar-refractivity contribution is -0.131. The maximum Gasteiger partial charge on any atom is 0.266 e. The summed E-state index contributed by atoms with van der Waals surface area (Å²) < 4.78 is 5.38. The number of nitriles is 1. The molecule has 2 rings (SSSR count). The molecule has 24 heavy (non-hydrogen) atoms. The number of aromatic nitrogens is 1. The van der Waals surface area contributed by atoms with Gasteiger partial charge in [0.1, 0.15) is 11.6 Å². The Kier molecular flexibility index (Phi) is 6.16. The summed E-state index contributed by atoms with van der Waals surface area (Å²) in [5.74, 6) is 0.531. The van der Waals surface area contributed by atoms with E-state index < -0.39 is 0 Å². The first-order valence-electron chi connectivity index (χ1n) is 8.45. The van der Waals surface area contributed by atoms with Crippen LogP contribution in [-0.4, -0.2) is 42.1 Å². The van der Waals surface area contributed by atoms with Crippen molar-refractivity contribution in [3.63, 3.8) is 0 Å². The molecule has 0 radical (unpaired) electrons. The highest BCUT2D eigenvalue weighted by atomic mass is 16.5. The zero-order valence-corrected chi connectivity index (χ0v) is 14.6. The number of pyridine rings is 1. The third-order valence-corrected chi connectivity index (χ3v) is 4.75. The highest BCUT2D eigenvalue weighted by Crippen LogP contribution is 2.17. The number of rotatable bonds is 6. The van der Waals surface area contributed by atoms with Crippen LogP contribution < -0.4 is 5.56 Å². The second-order valence-corrected chi connectivity index (χ2v) is 6.33. The molecule has 6 nitrogen and oxygen atoms in total. The molecule has 0 aliphatic carbocycles. The van der Waals surface area contributed by atoms with Crippen molar-refractivity contribution in [1.29, 1.82) is 5.26 Å². The number of carbonyl (C=O) groups excluding carboxylic acids is 1. The summed E-state index contributed by atoms with van der Waals surface area (Å²) >= 11 is 0. The number of carbonyl (C=O) groups is 1. The quantitative estimate of drug-likeness (QED) is 0.859. The lowest BCUT2D eigenvalue weighted by Crippen LogP contribution is -2.35. The van der Waals surface area contributed by atoms with Crippen molar-refractivity contribution in [1.82, 2.24) is 9.88 Å². The molecule has 1 aliphatic rings. The number of ether oxygens (including phenoxy) is 1.